The summed E-state index contributed by atoms with van der Waals surface area (Å²) in [7, 11) is 4.93. The molecule has 9 heteroatoms. The van der Waals surface area contributed by atoms with Crippen LogP contribution in [-0.2, 0) is 13.1 Å². The maximum Gasteiger partial charge on any atom is 0.233 e. The zero-order valence-corrected chi connectivity index (χ0v) is 19.9. The Balaban J connectivity index is 1.52. The summed E-state index contributed by atoms with van der Waals surface area (Å²) >= 11 is 0. The standard InChI is InChI=1S/C26H28N6O3/c1-33-21-11-7-18(8-12-21)16-27-24-30-25(28-17-19-9-13-22(34-2)14-10-19)32-26(31-24)29-20-5-4-6-23(15-20)35-3/h4-15H,16-17H2,1-3H3,(H3,27,28,29,30,31,32). The van der Waals surface area contributed by atoms with Crippen molar-refractivity contribution in [2.75, 3.05) is 37.3 Å². The largest absolute Gasteiger partial charge is 0.497 e. The number of nitrogens with one attached hydrogen (secondary N) is 3. The van der Waals surface area contributed by atoms with Crippen molar-refractivity contribution in [1.82, 2.24) is 15.0 Å². The Hall–Kier alpha value is -4.53. The van der Waals surface area contributed by atoms with Crippen LogP contribution in [0.3, 0.4) is 0 Å². The normalized spacial score (nSPS) is 10.4. The zero-order valence-electron chi connectivity index (χ0n) is 19.9. The summed E-state index contributed by atoms with van der Waals surface area (Å²) in [5.74, 6) is 3.65. The van der Waals surface area contributed by atoms with Crippen molar-refractivity contribution in [2.24, 2.45) is 0 Å². The molecule has 0 bridgehead atoms. The van der Waals surface area contributed by atoms with Crippen molar-refractivity contribution in [1.29, 1.82) is 0 Å². The molecule has 3 N–H and O–H groups in total. The van der Waals surface area contributed by atoms with E-state index in [1.165, 1.54) is 0 Å². The Morgan fingerprint density at radius 2 is 1.06 bits per heavy atom. The van der Waals surface area contributed by atoms with Crippen molar-refractivity contribution < 1.29 is 14.2 Å². The molecule has 180 valence electrons. The summed E-state index contributed by atoms with van der Waals surface area (Å²) in [5, 5.41) is 9.78. The molecule has 3 aromatic carbocycles. The lowest BCUT2D eigenvalue weighted by molar-refractivity contribution is 0.414. The molecule has 0 saturated heterocycles. The molecule has 0 atom stereocenters. The maximum absolute atomic E-state index is 5.31. The molecule has 0 radical (unpaired) electrons. The third-order valence-electron chi connectivity index (χ3n) is 5.18. The number of anilines is 4. The fourth-order valence-corrected chi connectivity index (χ4v) is 3.27. The van der Waals surface area contributed by atoms with Crippen LogP contribution in [0.5, 0.6) is 17.2 Å². The molecule has 9 nitrogen and oxygen atoms in total. The molecule has 1 heterocycles. The van der Waals surface area contributed by atoms with Gasteiger partial charge in [-0.25, -0.2) is 0 Å². The Morgan fingerprint density at radius 1 is 0.571 bits per heavy atom. The molecule has 0 aliphatic rings. The molecule has 0 fully saturated rings. The van der Waals surface area contributed by atoms with E-state index in [1.54, 1.807) is 21.3 Å². The highest BCUT2D eigenvalue weighted by Gasteiger charge is 2.08. The van der Waals surface area contributed by atoms with Crippen LogP contribution in [0.2, 0.25) is 0 Å². The number of rotatable bonds is 11. The van der Waals surface area contributed by atoms with Gasteiger partial charge in [-0.3, -0.25) is 0 Å². The first kappa shape index (κ1) is 23.6. The highest BCUT2D eigenvalue weighted by atomic mass is 16.5. The minimum atomic E-state index is 0.405. The molecule has 0 spiro atoms. The van der Waals surface area contributed by atoms with Crippen molar-refractivity contribution in [3.63, 3.8) is 0 Å². The van der Waals surface area contributed by atoms with Crippen molar-refractivity contribution >= 4 is 23.5 Å². The molecule has 35 heavy (non-hydrogen) atoms. The second-order valence-electron chi connectivity index (χ2n) is 7.57. The molecule has 0 saturated carbocycles. The smallest absolute Gasteiger partial charge is 0.233 e. The van der Waals surface area contributed by atoms with E-state index in [1.807, 2.05) is 72.8 Å². The third kappa shape index (κ3) is 6.73. The molecule has 0 amide bonds. The Labute approximate surface area is 204 Å². The third-order valence-corrected chi connectivity index (χ3v) is 5.18. The second kappa shape index (κ2) is 11.6. The number of benzene rings is 3. The fourth-order valence-electron chi connectivity index (χ4n) is 3.27. The van der Waals surface area contributed by atoms with Gasteiger partial charge in [0.15, 0.2) is 0 Å². The number of hydrogen-bond acceptors (Lipinski definition) is 9. The topological polar surface area (TPSA) is 102 Å². The molecule has 0 unspecified atom stereocenters. The molecular formula is C26H28N6O3. The lowest BCUT2D eigenvalue weighted by Gasteiger charge is -2.12. The van der Waals surface area contributed by atoms with Gasteiger partial charge in [0, 0.05) is 24.8 Å². The summed E-state index contributed by atoms with van der Waals surface area (Å²) in [6.07, 6.45) is 0. The quantitative estimate of drug-likeness (QED) is 0.282. The lowest BCUT2D eigenvalue weighted by atomic mass is 10.2. The van der Waals surface area contributed by atoms with E-state index in [0.29, 0.717) is 30.9 Å². The molecule has 4 aromatic rings. The van der Waals surface area contributed by atoms with Crippen LogP contribution in [0.25, 0.3) is 0 Å². The van der Waals surface area contributed by atoms with Gasteiger partial charge in [-0.2, -0.15) is 15.0 Å². The molecular weight excluding hydrogens is 444 g/mol. The van der Waals surface area contributed by atoms with Crippen molar-refractivity contribution in [2.45, 2.75) is 13.1 Å². The highest BCUT2D eigenvalue weighted by molar-refractivity contribution is 5.57. The monoisotopic (exact) mass is 472 g/mol. The molecule has 0 aliphatic heterocycles. The van der Waals surface area contributed by atoms with E-state index < -0.39 is 0 Å². The van der Waals surface area contributed by atoms with Crippen LogP contribution in [0.4, 0.5) is 23.5 Å². The maximum atomic E-state index is 5.31. The van der Waals surface area contributed by atoms with Crippen LogP contribution in [-0.4, -0.2) is 36.3 Å². The van der Waals surface area contributed by atoms with Gasteiger partial charge in [0.25, 0.3) is 0 Å². The summed E-state index contributed by atoms with van der Waals surface area (Å²) in [6, 6.07) is 23.2. The van der Waals surface area contributed by atoms with Crippen LogP contribution in [0.1, 0.15) is 11.1 Å². The minimum absolute atomic E-state index is 0.405. The zero-order chi connectivity index (χ0) is 24.5. The van der Waals surface area contributed by atoms with E-state index in [9.17, 15) is 0 Å². The van der Waals surface area contributed by atoms with Crippen LogP contribution >= 0.6 is 0 Å². The molecule has 4 rings (SSSR count). The summed E-state index contributed by atoms with van der Waals surface area (Å²) in [5.41, 5.74) is 2.94. The second-order valence-corrected chi connectivity index (χ2v) is 7.57. The predicted octanol–water partition coefficient (Wildman–Crippen LogP) is 4.87. The molecule has 1 aromatic heterocycles. The number of methoxy groups -OCH3 is 3. The van der Waals surface area contributed by atoms with Crippen LogP contribution in [0, 0.1) is 0 Å². The Kier molecular flexibility index (Phi) is 7.80. The van der Waals surface area contributed by atoms with E-state index in [0.717, 1.165) is 34.1 Å². The van der Waals surface area contributed by atoms with Gasteiger partial charge in [-0.05, 0) is 47.5 Å². The van der Waals surface area contributed by atoms with Crippen LogP contribution < -0.4 is 30.2 Å². The number of hydrogen-bond donors (Lipinski definition) is 3. The Bertz CT molecular complexity index is 1160. The van der Waals surface area contributed by atoms with E-state index in [4.69, 9.17) is 14.2 Å². The lowest BCUT2D eigenvalue weighted by Crippen LogP contribution is -2.11. The van der Waals surface area contributed by atoms with Gasteiger partial charge >= 0.3 is 0 Å². The van der Waals surface area contributed by atoms with Crippen molar-refractivity contribution in [3.05, 3.63) is 83.9 Å². The van der Waals surface area contributed by atoms with Crippen molar-refractivity contribution in [3.8, 4) is 17.2 Å². The minimum Gasteiger partial charge on any atom is -0.497 e. The highest BCUT2D eigenvalue weighted by Crippen LogP contribution is 2.21. The van der Waals surface area contributed by atoms with E-state index in [-0.39, 0.29) is 0 Å². The fraction of sp³-hybridized carbons (Fsp3) is 0.192. The summed E-state index contributed by atoms with van der Waals surface area (Å²) < 4.78 is 15.8. The first-order valence-electron chi connectivity index (χ1n) is 11.1. The predicted molar refractivity (Wildman–Crippen MR) is 137 cm³/mol. The first-order chi connectivity index (χ1) is 17.1. The SMILES string of the molecule is COc1ccc(CNc2nc(NCc3ccc(OC)cc3)nc(Nc3cccc(OC)c3)n2)cc1. The van der Waals surface area contributed by atoms with E-state index in [2.05, 4.69) is 30.9 Å². The average molecular weight is 473 g/mol. The summed E-state index contributed by atoms with van der Waals surface area (Å²) in [6.45, 7) is 1.09. The van der Waals surface area contributed by atoms with Gasteiger partial charge in [-0.15, -0.1) is 0 Å². The van der Waals surface area contributed by atoms with Gasteiger partial charge in [0.2, 0.25) is 17.8 Å². The van der Waals surface area contributed by atoms with Gasteiger partial charge in [-0.1, -0.05) is 30.3 Å². The number of nitrogens with zero attached hydrogens (tertiary/aromatic N) is 3. The number of aromatic nitrogens is 3. The average Bonchev–Trinajstić information content (AvgIpc) is 2.91. The molecule has 0 aliphatic carbocycles. The van der Waals surface area contributed by atoms with Gasteiger partial charge < -0.3 is 30.2 Å². The Morgan fingerprint density at radius 3 is 1.54 bits per heavy atom. The van der Waals surface area contributed by atoms with E-state index >= 15 is 0 Å². The van der Waals surface area contributed by atoms with Gasteiger partial charge in [0.05, 0.1) is 21.3 Å². The van der Waals surface area contributed by atoms with Crippen LogP contribution in [0.15, 0.2) is 72.8 Å². The van der Waals surface area contributed by atoms with Gasteiger partial charge in [0.1, 0.15) is 17.2 Å². The first-order valence-corrected chi connectivity index (χ1v) is 11.1. The summed E-state index contributed by atoms with van der Waals surface area (Å²) in [4.78, 5) is 13.6. The number of ether oxygens (including phenoxy) is 3.